The fourth-order valence-electron chi connectivity index (χ4n) is 3.56. The normalized spacial score (nSPS) is 15.0. The van der Waals surface area contributed by atoms with E-state index in [0.717, 1.165) is 47.1 Å². The molecule has 0 saturated carbocycles. The second kappa shape index (κ2) is 6.95. The van der Waals surface area contributed by atoms with Crippen LogP contribution in [0, 0.1) is 0 Å². The summed E-state index contributed by atoms with van der Waals surface area (Å²) in [5.74, 6) is -2.60. The molecule has 1 aliphatic rings. The maximum atomic E-state index is 13.5. The molecule has 3 rings (SSSR count). The first-order chi connectivity index (χ1) is 11.9. The predicted molar refractivity (Wildman–Crippen MR) is 102 cm³/mol. The zero-order valence-electron chi connectivity index (χ0n) is 14.7. The van der Waals surface area contributed by atoms with Crippen molar-refractivity contribution in [2.75, 3.05) is 0 Å². The molecule has 130 valence electrons. The average molecular weight is 338 g/mol. The summed E-state index contributed by atoms with van der Waals surface area (Å²) in [4.78, 5) is 0. The van der Waals surface area contributed by atoms with Gasteiger partial charge in [0.05, 0.1) is 0 Å². The Labute approximate surface area is 148 Å². The zero-order valence-corrected chi connectivity index (χ0v) is 14.7. The van der Waals surface area contributed by atoms with E-state index in [1.165, 1.54) is 11.1 Å². The Morgan fingerprint density at radius 2 is 1.64 bits per heavy atom. The van der Waals surface area contributed by atoms with Gasteiger partial charge in [-0.25, -0.2) is 8.78 Å². The zero-order chi connectivity index (χ0) is 18.0. The van der Waals surface area contributed by atoms with Crippen LogP contribution in [0.1, 0.15) is 47.6 Å². The van der Waals surface area contributed by atoms with Crippen molar-refractivity contribution in [1.29, 1.82) is 0 Å². The lowest BCUT2D eigenvalue weighted by molar-refractivity contribution is 0.0130. The van der Waals surface area contributed by atoms with Gasteiger partial charge in [-0.1, -0.05) is 62.5 Å². The lowest BCUT2D eigenvalue weighted by Crippen LogP contribution is -2.14. The van der Waals surface area contributed by atoms with Gasteiger partial charge in [0, 0.05) is 12.8 Å². The van der Waals surface area contributed by atoms with Gasteiger partial charge in [-0.3, -0.25) is 0 Å². The van der Waals surface area contributed by atoms with Crippen LogP contribution in [0.3, 0.4) is 0 Å². The summed E-state index contributed by atoms with van der Waals surface area (Å²) in [6.45, 7) is 10.5. The van der Waals surface area contributed by atoms with E-state index in [-0.39, 0.29) is 12.8 Å². The Hall–Kier alpha value is -2.22. The molecule has 0 bridgehead atoms. The van der Waals surface area contributed by atoms with Crippen LogP contribution in [0.15, 0.2) is 55.6 Å². The molecule has 0 aliphatic heterocycles. The molecule has 0 spiro atoms. The van der Waals surface area contributed by atoms with Crippen LogP contribution in [0.2, 0.25) is 0 Å². The van der Waals surface area contributed by atoms with Crippen molar-refractivity contribution in [2.24, 2.45) is 0 Å². The van der Waals surface area contributed by atoms with Crippen LogP contribution >= 0.6 is 0 Å². The third-order valence-electron chi connectivity index (χ3n) is 5.02. The second-order valence-electron chi connectivity index (χ2n) is 6.91. The number of halogens is 2. The molecule has 25 heavy (non-hydrogen) atoms. The van der Waals surface area contributed by atoms with Crippen molar-refractivity contribution in [1.82, 2.24) is 0 Å². The lowest BCUT2D eigenvalue weighted by atomic mass is 9.92. The van der Waals surface area contributed by atoms with E-state index >= 15 is 0 Å². The highest BCUT2D eigenvalue weighted by molar-refractivity contribution is 5.71. The molecule has 0 atom stereocenters. The van der Waals surface area contributed by atoms with Gasteiger partial charge in [-0.2, -0.15) is 0 Å². The summed E-state index contributed by atoms with van der Waals surface area (Å²) in [5, 5.41) is 0. The maximum absolute atomic E-state index is 13.5. The fourth-order valence-corrected chi connectivity index (χ4v) is 3.56. The third-order valence-corrected chi connectivity index (χ3v) is 5.02. The van der Waals surface area contributed by atoms with E-state index in [0.29, 0.717) is 0 Å². The second-order valence-corrected chi connectivity index (χ2v) is 6.91. The van der Waals surface area contributed by atoms with E-state index in [4.69, 9.17) is 0 Å². The molecule has 2 heteroatoms. The molecule has 0 heterocycles. The smallest absolute Gasteiger partial charge is 0.206 e. The lowest BCUT2D eigenvalue weighted by Gasteiger charge is -2.13. The van der Waals surface area contributed by atoms with E-state index in [1.54, 1.807) is 0 Å². The number of rotatable bonds is 6. The maximum Gasteiger partial charge on any atom is 0.256 e. The highest BCUT2D eigenvalue weighted by Gasteiger charge is 2.37. The Kier molecular flexibility index (Phi) is 4.89. The van der Waals surface area contributed by atoms with E-state index in [9.17, 15) is 8.78 Å². The monoisotopic (exact) mass is 338 g/mol. The molecule has 0 fully saturated rings. The molecule has 0 nitrogen and oxygen atoms in total. The summed E-state index contributed by atoms with van der Waals surface area (Å²) in [6.07, 6.45) is 2.30. The van der Waals surface area contributed by atoms with E-state index in [1.807, 2.05) is 24.3 Å². The van der Waals surface area contributed by atoms with Crippen molar-refractivity contribution in [2.45, 2.75) is 45.0 Å². The van der Waals surface area contributed by atoms with Gasteiger partial charge in [0.2, 0.25) is 0 Å². The van der Waals surface area contributed by atoms with Crippen LogP contribution in [-0.4, -0.2) is 5.92 Å². The van der Waals surface area contributed by atoms with Crippen LogP contribution < -0.4 is 0 Å². The summed E-state index contributed by atoms with van der Waals surface area (Å²) in [5.41, 5.74) is 7.10. The minimum Gasteiger partial charge on any atom is -0.206 e. The summed E-state index contributed by atoms with van der Waals surface area (Å²) < 4.78 is 27.1. The van der Waals surface area contributed by atoms with Gasteiger partial charge < -0.3 is 0 Å². The molecule has 1 aliphatic carbocycles. The summed E-state index contributed by atoms with van der Waals surface area (Å²) >= 11 is 0. The van der Waals surface area contributed by atoms with Crippen molar-refractivity contribution in [3.8, 4) is 0 Å². The van der Waals surface area contributed by atoms with Gasteiger partial charge in [0.25, 0.3) is 5.92 Å². The number of benzene rings is 2. The molecule has 0 unspecified atom stereocenters. The molecular formula is C23H24F2. The van der Waals surface area contributed by atoms with Crippen LogP contribution in [-0.2, 0) is 19.3 Å². The van der Waals surface area contributed by atoms with Crippen LogP contribution in [0.4, 0.5) is 8.78 Å². The largest absolute Gasteiger partial charge is 0.256 e. The van der Waals surface area contributed by atoms with E-state index in [2.05, 4.69) is 38.3 Å². The van der Waals surface area contributed by atoms with Crippen molar-refractivity contribution in [3.05, 3.63) is 83.4 Å². The number of allylic oxidation sites excluding steroid dienone is 2. The molecule has 2 aromatic rings. The Morgan fingerprint density at radius 3 is 2.40 bits per heavy atom. The number of hydrogen-bond acceptors (Lipinski definition) is 0. The van der Waals surface area contributed by atoms with Crippen molar-refractivity contribution < 1.29 is 8.78 Å². The predicted octanol–water partition coefficient (Wildman–Crippen LogP) is 6.49. The van der Waals surface area contributed by atoms with Crippen LogP contribution in [0.5, 0.6) is 0 Å². The van der Waals surface area contributed by atoms with Gasteiger partial charge in [-0.05, 0) is 58.2 Å². The van der Waals surface area contributed by atoms with E-state index < -0.39 is 5.92 Å². The number of fused-ring (bicyclic) bond motifs is 1. The summed E-state index contributed by atoms with van der Waals surface area (Å²) in [7, 11) is 0. The molecule has 2 aromatic carbocycles. The molecule has 0 aromatic heterocycles. The molecule has 0 saturated heterocycles. The Morgan fingerprint density at radius 1 is 0.960 bits per heavy atom. The Bertz CT molecular complexity index is 815. The molecule has 0 radical (unpaired) electrons. The summed E-state index contributed by atoms with van der Waals surface area (Å²) in [6, 6.07) is 14.0. The molecule has 0 amide bonds. The Balaban J connectivity index is 1.67. The topological polar surface area (TPSA) is 0 Å². The highest BCUT2D eigenvalue weighted by Crippen LogP contribution is 2.36. The van der Waals surface area contributed by atoms with Crippen molar-refractivity contribution in [3.63, 3.8) is 0 Å². The number of aryl methyl sites for hydroxylation is 1. The third kappa shape index (κ3) is 3.89. The van der Waals surface area contributed by atoms with Gasteiger partial charge in [-0.15, -0.1) is 0 Å². The van der Waals surface area contributed by atoms with Crippen molar-refractivity contribution >= 4 is 11.1 Å². The minimum absolute atomic E-state index is 0.139. The fraction of sp³-hybridized carbons (Fsp3) is 0.304. The molecule has 0 N–H and O–H groups in total. The first kappa shape index (κ1) is 17.6. The minimum atomic E-state index is -2.60. The number of alkyl halides is 2. The molecular weight excluding hydrogens is 314 g/mol. The van der Waals surface area contributed by atoms with Gasteiger partial charge in [0.15, 0.2) is 0 Å². The SMILES string of the molecule is C=C(CCC(=C)c1ccccc1CC)c1ccc2c(c1)CC(F)(F)C2. The van der Waals surface area contributed by atoms with Crippen LogP contribution in [0.25, 0.3) is 11.1 Å². The first-order valence-electron chi connectivity index (χ1n) is 8.83. The first-order valence-corrected chi connectivity index (χ1v) is 8.83. The quantitative estimate of drug-likeness (QED) is 0.565. The average Bonchev–Trinajstić information content (AvgIpc) is 2.92. The number of hydrogen-bond donors (Lipinski definition) is 0. The van der Waals surface area contributed by atoms with Gasteiger partial charge in [0.1, 0.15) is 0 Å². The highest BCUT2D eigenvalue weighted by atomic mass is 19.3. The van der Waals surface area contributed by atoms with Gasteiger partial charge >= 0.3 is 0 Å². The standard InChI is InChI=1S/C23H24F2/c1-4-18-7-5-6-8-22(18)17(3)10-9-16(2)19-11-12-20-14-23(24,25)15-21(20)13-19/h5-8,11-13H,2-4,9-10,14-15H2,1H3.